The van der Waals surface area contributed by atoms with E-state index in [0.717, 1.165) is 0 Å². The molecule has 3 aromatic carbocycles. The molecule has 0 radical (unpaired) electrons. The summed E-state index contributed by atoms with van der Waals surface area (Å²) < 4.78 is 54.2. The number of benzene rings is 3. The highest BCUT2D eigenvalue weighted by Crippen LogP contribution is 2.55. The van der Waals surface area contributed by atoms with Gasteiger partial charge in [-0.1, -0.05) is 54.6 Å². The minimum absolute atomic E-state index is 0.104. The predicted octanol–water partition coefficient (Wildman–Crippen LogP) is 4.64. The summed E-state index contributed by atoms with van der Waals surface area (Å²) >= 11 is 0. The van der Waals surface area contributed by atoms with Crippen LogP contribution in [0.25, 0.3) is 11.1 Å². The summed E-state index contributed by atoms with van der Waals surface area (Å²) in [6.07, 6.45) is 0. The average molecular weight is 388 g/mol. The van der Waals surface area contributed by atoms with Crippen molar-refractivity contribution in [3.8, 4) is 22.6 Å². The Balaban J connectivity index is 1.90. The zero-order valence-electron chi connectivity index (χ0n) is 13.3. The number of rotatable bonds is 2. The lowest BCUT2D eigenvalue weighted by Crippen LogP contribution is -2.15. The lowest BCUT2D eigenvalue weighted by atomic mass is 10.0. The van der Waals surface area contributed by atoms with E-state index in [1.54, 1.807) is 60.7 Å². The van der Waals surface area contributed by atoms with E-state index in [1.807, 2.05) is 0 Å². The molecule has 3 aromatic rings. The van der Waals surface area contributed by atoms with Crippen LogP contribution in [0.2, 0.25) is 0 Å². The fraction of sp³-hybridized carbons (Fsp3) is 0. The van der Waals surface area contributed by atoms with Gasteiger partial charge in [0.25, 0.3) is 0 Å². The van der Waals surface area contributed by atoms with Gasteiger partial charge in [0.15, 0.2) is 0 Å². The summed E-state index contributed by atoms with van der Waals surface area (Å²) in [5.41, 5.74) is 0.876. The molecule has 0 amide bonds. The van der Waals surface area contributed by atoms with Crippen LogP contribution in [0, 0.1) is 0 Å². The van der Waals surface area contributed by atoms with Crippen molar-refractivity contribution in [2.45, 2.75) is 4.90 Å². The Bertz CT molecular complexity index is 1110. The molecule has 8 heteroatoms. The Hall–Kier alpha value is -2.60. The van der Waals surface area contributed by atoms with Crippen molar-refractivity contribution in [1.82, 2.24) is 0 Å². The van der Waals surface area contributed by atoms with Crippen molar-refractivity contribution in [2.75, 3.05) is 0 Å². The SMILES string of the molecule is O=P1(Oc2ccccc2)Oc2ccccc2-c2ccccc2S(=O)(=O)O1. The second kappa shape index (κ2) is 6.29. The maximum atomic E-state index is 13.1. The van der Waals surface area contributed by atoms with Gasteiger partial charge in [-0.3, -0.25) is 0 Å². The first-order valence-corrected chi connectivity index (χ1v) is 10.5. The molecule has 0 fully saturated rings. The standard InChI is InChI=1S/C18H13O6PS/c19-25(22-14-8-2-1-3-9-14)23-17-12-6-4-10-15(17)16-11-5-7-13-18(16)26(20,21)24-25/h1-13H. The van der Waals surface area contributed by atoms with E-state index in [0.29, 0.717) is 11.1 Å². The number of fused-ring (bicyclic) bond motifs is 3. The molecule has 0 saturated heterocycles. The number of hydrogen-bond acceptors (Lipinski definition) is 6. The molecule has 0 aliphatic carbocycles. The highest BCUT2D eigenvalue weighted by atomic mass is 32.2. The average Bonchev–Trinajstić information content (AvgIpc) is 2.61. The maximum Gasteiger partial charge on any atom is 0.603 e. The summed E-state index contributed by atoms with van der Waals surface area (Å²) in [6, 6.07) is 21.1. The summed E-state index contributed by atoms with van der Waals surface area (Å²) in [5, 5.41) is 0. The molecule has 1 atom stereocenters. The lowest BCUT2D eigenvalue weighted by molar-refractivity contribution is 0.299. The zero-order valence-corrected chi connectivity index (χ0v) is 15.0. The van der Waals surface area contributed by atoms with E-state index in [-0.39, 0.29) is 16.4 Å². The van der Waals surface area contributed by atoms with Gasteiger partial charge in [0.1, 0.15) is 16.4 Å². The van der Waals surface area contributed by atoms with E-state index < -0.39 is 17.9 Å². The van der Waals surface area contributed by atoms with Crippen LogP contribution >= 0.6 is 7.82 Å². The molecule has 1 heterocycles. The van der Waals surface area contributed by atoms with Gasteiger partial charge in [-0.05, 0) is 24.3 Å². The van der Waals surface area contributed by atoms with Crippen molar-refractivity contribution in [3.63, 3.8) is 0 Å². The van der Waals surface area contributed by atoms with Crippen molar-refractivity contribution >= 4 is 17.9 Å². The van der Waals surface area contributed by atoms with Crippen molar-refractivity contribution in [3.05, 3.63) is 78.9 Å². The first kappa shape index (κ1) is 16.8. The Morgan fingerprint density at radius 2 is 1.38 bits per heavy atom. The number of para-hydroxylation sites is 2. The van der Waals surface area contributed by atoms with Gasteiger partial charge >= 0.3 is 17.9 Å². The van der Waals surface area contributed by atoms with E-state index in [1.165, 1.54) is 18.2 Å². The predicted molar refractivity (Wildman–Crippen MR) is 95.5 cm³/mol. The van der Waals surface area contributed by atoms with Crippen LogP contribution in [0.5, 0.6) is 11.5 Å². The second-order valence-electron chi connectivity index (χ2n) is 5.46. The third-order valence-electron chi connectivity index (χ3n) is 3.69. The molecule has 0 saturated carbocycles. The molecule has 0 bridgehead atoms. The first-order valence-electron chi connectivity index (χ1n) is 7.66. The van der Waals surface area contributed by atoms with E-state index >= 15 is 0 Å². The van der Waals surface area contributed by atoms with Crippen LogP contribution in [-0.4, -0.2) is 8.42 Å². The fourth-order valence-corrected chi connectivity index (χ4v) is 5.65. The van der Waals surface area contributed by atoms with Gasteiger partial charge in [0.2, 0.25) is 0 Å². The summed E-state index contributed by atoms with van der Waals surface area (Å²) in [6.45, 7) is 0. The van der Waals surface area contributed by atoms with Crippen LogP contribution in [0.1, 0.15) is 0 Å². The van der Waals surface area contributed by atoms with E-state index in [9.17, 15) is 13.0 Å². The highest BCUT2D eigenvalue weighted by Gasteiger charge is 2.42. The Morgan fingerprint density at radius 1 is 0.769 bits per heavy atom. The molecule has 0 aromatic heterocycles. The van der Waals surface area contributed by atoms with E-state index in [4.69, 9.17) is 13.0 Å². The van der Waals surface area contributed by atoms with Crippen molar-refractivity contribution < 1.29 is 26.0 Å². The molecule has 132 valence electrons. The molecule has 1 aliphatic rings. The van der Waals surface area contributed by atoms with Gasteiger partial charge in [-0.2, -0.15) is 8.42 Å². The van der Waals surface area contributed by atoms with Crippen LogP contribution in [0.15, 0.2) is 83.8 Å². The molecule has 0 spiro atoms. The summed E-state index contributed by atoms with van der Waals surface area (Å²) in [5.74, 6) is 0.367. The fourth-order valence-electron chi connectivity index (χ4n) is 2.62. The molecule has 1 aliphatic heterocycles. The van der Waals surface area contributed by atoms with Gasteiger partial charge in [0, 0.05) is 11.1 Å². The molecule has 1 unspecified atom stereocenters. The van der Waals surface area contributed by atoms with Crippen LogP contribution in [-0.2, 0) is 18.7 Å². The quantitative estimate of drug-likeness (QED) is 0.595. The zero-order chi connectivity index (χ0) is 18.2. The van der Waals surface area contributed by atoms with Crippen LogP contribution < -0.4 is 9.05 Å². The second-order valence-corrected chi connectivity index (χ2v) is 8.67. The smallest absolute Gasteiger partial charge is 0.394 e. The number of phosphoric acid groups is 1. The van der Waals surface area contributed by atoms with Gasteiger partial charge in [-0.25, -0.2) is 4.57 Å². The molecule has 26 heavy (non-hydrogen) atoms. The largest absolute Gasteiger partial charge is 0.603 e. The topological polar surface area (TPSA) is 78.9 Å². The third-order valence-corrected chi connectivity index (χ3v) is 6.96. The Morgan fingerprint density at radius 3 is 2.15 bits per heavy atom. The van der Waals surface area contributed by atoms with Gasteiger partial charge in [0.05, 0.1) is 0 Å². The van der Waals surface area contributed by atoms with Crippen LogP contribution in [0.3, 0.4) is 0 Å². The van der Waals surface area contributed by atoms with Gasteiger partial charge < -0.3 is 9.05 Å². The Labute approximate surface area is 150 Å². The van der Waals surface area contributed by atoms with E-state index in [2.05, 4.69) is 0 Å². The lowest BCUT2D eigenvalue weighted by Gasteiger charge is -2.23. The van der Waals surface area contributed by atoms with Crippen molar-refractivity contribution in [2.24, 2.45) is 0 Å². The molecular formula is C18H13O6PS. The first-order chi connectivity index (χ1) is 12.5. The molecular weight excluding hydrogens is 375 g/mol. The minimum atomic E-state index is -4.50. The monoisotopic (exact) mass is 388 g/mol. The summed E-state index contributed by atoms with van der Waals surface area (Å²) in [7, 11) is -8.89. The summed E-state index contributed by atoms with van der Waals surface area (Å²) in [4.78, 5) is -0.104. The maximum absolute atomic E-state index is 13.1. The Kier molecular flexibility index (Phi) is 4.07. The molecule has 4 rings (SSSR count). The molecule has 0 N–H and O–H groups in total. The minimum Gasteiger partial charge on any atom is -0.394 e. The number of phosphoric ester groups is 1. The highest BCUT2D eigenvalue weighted by molar-refractivity contribution is 7.91. The normalized spacial score (nSPS) is 20.6. The van der Waals surface area contributed by atoms with Crippen LogP contribution in [0.4, 0.5) is 0 Å². The number of hydrogen-bond donors (Lipinski definition) is 0. The molecule has 6 nitrogen and oxygen atoms in total. The van der Waals surface area contributed by atoms with Gasteiger partial charge in [-0.15, -0.1) is 3.97 Å². The third kappa shape index (κ3) is 3.12. The van der Waals surface area contributed by atoms with Crippen molar-refractivity contribution in [1.29, 1.82) is 0 Å².